The van der Waals surface area contributed by atoms with Crippen molar-refractivity contribution in [1.82, 2.24) is 0 Å². The Bertz CT molecular complexity index is 22.0. The summed E-state index contributed by atoms with van der Waals surface area (Å²) in [5.74, 6) is 0. The average Bonchev–Trinajstić information content (AvgIpc) is 1.41. The van der Waals surface area contributed by atoms with Gasteiger partial charge in [-0.05, 0) is 0 Å². The predicted octanol–water partition coefficient (Wildman–Crippen LogP) is 0.493. The molecule has 0 saturated carbocycles. The normalized spacial score (nSPS) is 5.00. The van der Waals surface area contributed by atoms with Crippen LogP contribution >= 0.6 is 0 Å². The summed E-state index contributed by atoms with van der Waals surface area (Å²) in [6.07, 6.45) is 0. The molecule has 0 aromatic carbocycles. The molecule has 1 nitrogen and oxygen atoms in total. The van der Waals surface area contributed by atoms with Gasteiger partial charge in [-0.15, -0.1) is 0 Å². The molecular weight excluding hydrogens is 244 g/mol. The predicted molar refractivity (Wildman–Crippen MR) is 11.2 cm³/mol. The van der Waals surface area contributed by atoms with E-state index >= 15 is 0 Å². The van der Waals surface area contributed by atoms with Crippen molar-refractivity contribution >= 4 is 16.2 Å². The fourth-order valence-electron chi connectivity index (χ4n) is 0. The molecule has 35 valence electrons. The van der Waals surface area contributed by atoms with Gasteiger partial charge in [0.15, 0.2) is 0 Å². The Morgan fingerprint density at radius 2 is 1.17 bits per heavy atom. The molecule has 0 aromatic heterocycles. The van der Waals surface area contributed by atoms with Crippen molar-refractivity contribution in [2.75, 3.05) is 0 Å². The summed E-state index contributed by atoms with van der Waals surface area (Å²) in [5.41, 5.74) is 0. The monoisotopic (exact) mass is 243 g/mol. The quantitative estimate of drug-likeness (QED) is 0.568. The first kappa shape index (κ1) is 10.5. The molecule has 0 amide bonds. The van der Waals surface area contributed by atoms with Gasteiger partial charge < -0.3 is 0 Å². The van der Waals surface area contributed by atoms with Crippen LogP contribution in [0.4, 0.5) is 3.04 Å². The van der Waals surface area contributed by atoms with E-state index in [1.165, 1.54) is 0 Å². The van der Waals surface area contributed by atoms with Crippen LogP contribution in [0.5, 0.6) is 0 Å². The Hall–Kier alpha value is 1.47. The Balaban J connectivity index is 0. The van der Waals surface area contributed by atoms with Gasteiger partial charge in [0.2, 0.25) is 0 Å². The summed E-state index contributed by atoms with van der Waals surface area (Å²) >= 11 is -4.55. The van der Waals surface area contributed by atoms with E-state index in [1.54, 1.807) is 0 Å². The first-order valence-corrected chi connectivity index (χ1v) is 5.07. The second kappa shape index (κ2) is 9.69. The van der Waals surface area contributed by atoms with E-state index in [4.69, 9.17) is 3.80 Å². The van der Waals surface area contributed by atoms with Crippen LogP contribution in [0.2, 0.25) is 0 Å². The summed E-state index contributed by atoms with van der Waals surface area (Å²) < 4.78 is 37.9. The minimum atomic E-state index is -5.16. The van der Waals surface area contributed by atoms with Crippen molar-refractivity contribution in [3.63, 3.8) is 0 Å². The zero-order valence-electron chi connectivity index (χ0n) is 2.75. The minimum absolute atomic E-state index is 0.611. The second-order valence-corrected chi connectivity index (χ2v) is 1.59. The van der Waals surface area contributed by atoms with Gasteiger partial charge >= 0.3 is 60.2 Å². The molecule has 0 N–H and O–H groups in total. The van der Waals surface area contributed by atoms with Crippen molar-refractivity contribution in [3.8, 4) is 0 Å². The van der Waals surface area contributed by atoms with Gasteiger partial charge in [-0.3, -0.25) is 0 Å². The van der Waals surface area contributed by atoms with Crippen LogP contribution < -0.4 is 0 Å². The molecule has 0 rings (SSSR count). The molecule has 6 heteroatoms. The molecule has 0 radical (unpaired) electrons. The van der Waals surface area contributed by atoms with E-state index < -0.39 is 37.1 Å². The van der Waals surface area contributed by atoms with Gasteiger partial charge in [0.05, 0.1) is 0 Å². The molecule has 0 heterocycles. The Labute approximate surface area is 59.3 Å². The maximum absolute atomic E-state index is 9.88. The summed E-state index contributed by atoms with van der Waals surface area (Å²) in [7, 11) is 0. The van der Waals surface area contributed by atoms with Crippen LogP contribution in [0.25, 0.3) is 0 Å². The fraction of sp³-hybridized carbons (Fsp3) is 0. The molecule has 0 aliphatic rings. The molecule has 0 unspecified atom stereocenters. The number of rotatable bonds is 0. The molecule has 0 aliphatic heterocycles. The SMILES string of the molecule is [F][Nd]([F])[F].[O]=[AlH]. The third-order valence-corrected chi connectivity index (χ3v) is 0. The van der Waals surface area contributed by atoms with Gasteiger partial charge in [0.1, 0.15) is 0 Å². The molecule has 0 spiro atoms. The topological polar surface area (TPSA) is 17.1 Å². The zero-order chi connectivity index (χ0) is 5.58. The Morgan fingerprint density at radius 1 is 1.17 bits per heavy atom. The van der Waals surface area contributed by atoms with Crippen molar-refractivity contribution < 1.29 is 43.9 Å². The van der Waals surface area contributed by atoms with E-state index in [1.807, 2.05) is 0 Å². The van der Waals surface area contributed by atoms with Crippen molar-refractivity contribution in [2.45, 2.75) is 0 Å². The van der Waals surface area contributed by atoms with E-state index in [0.29, 0.717) is 16.2 Å². The third-order valence-electron chi connectivity index (χ3n) is 0. The van der Waals surface area contributed by atoms with Crippen LogP contribution in [0.15, 0.2) is 0 Å². The van der Waals surface area contributed by atoms with E-state index in [2.05, 4.69) is 0 Å². The molecule has 0 bridgehead atoms. The van der Waals surface area contributed by atoms with Crippen LogP contribution in [0, 0.1) is 37.1 Å². The Kier molecular flexibility index (Phi) is 16.9. The summed E-state index contributed by atoms with van der Waals surface area (Å²) in [6, 6.07) is 0. The van der Waals surface area contributed by atoms with E-state index in [9.17, 15) is 3.04 Å². The molecular formula is HAlF3NdO. The van der Waals surface area contributed by atoms with Gasteiger partial charge in [0, 0.05) is 0 Å². The zero-order valence-corrected chi connectivity index (χ0v) is 7.37. The fourth-order valence-corrected chi connectivity index (χ4v) is 0. The van der Waals surface area contributed by atoms with Crippen LogP contribution in [-0.2, 0) is 3.80 Å². The standard InChI is InChI=1S/Al.3FH.Nd.O.H/h;3*1H;;;/q;;;;+3;;/p-3. The molecule has 6 heavy (non-hydrogen) atoms. The van der Waals surface area contributed by atoms with Gasteiger partial charge in [-0.1, -0.05) is 0 Å². The molecule has 0 fully saturated rings. The third kappa shape index (κ3) is 50.5. The molecule has 0 atom stereocenters. The molecule has 0 saturated heterocycles. The Morgan fingerprint density at radius 3 is 1.17 bits per heavy atom. The van der Waals surface area contributed by atoms with Crippen molar-refractivity contribution in [1.29, 1.82) is 0 Å². The van der Waals surface area contributed by atoms with Crippen LogP contribution in [-0.4, -0.2) is 16.2 Å². The van der Waals surface area contributed by atoms with Gasteiger partial charge in [-0.25, -0.2) is 0 Å². The molecule has 0 aromatic rings. The van der Waals surface area contributed by atoms with Crippen molar-refractivity contribution in [3.05, 3.63) is 0 Å². The van der Waals surface area contributed by atoms with E-state index in [-0.39, 0.29) is 0 Å². The number of halogens is 3. The molecule has 0 aliphatic carbocycles. The van der Waals surface area contributed by atoms with E-state index in [0.717, 1.165) is 0 Å². The van der Waals surface area contributed by atoms with Gasteiger partial charge in [0.25, 0.3) is 0 Å². The van der Waals surface area contributed by atoms with Crippen molar-refractivity contribution in [2.24, 2.45) is 0 Å². The average molecular weight is 245 g/mol. The van der Waals surface area contributed by atoms with Crippen LogP contribution in [0.1, 0.15) is 0 Å². The summed E-state index contributed by atoms with van der Waals surface area (Å²) in [4.78, 5) is 0. The van der Waals surface area contributed by atoms with Gasteiger partial charge in [-0.2, -0.15) is 0 Å². The number of hydrogen-bond donors (Lipinski definition) is 0. The number of hydrogen-bond acceptors (Lipinski definition) is 1. The summed E-state index contributed by atoms with van der Waals surface area (Å²) in [5, 5.41) is 0. The summed E-state index contributed by atoms with van der Waals surface area (Å²) in [6.45, 7) is 0. The first-order chi connectivity index (χ1) is 2.73. The first-order valence-electron chi connectivity index (χ1n) is 0.856. The van der Waals surface area contributed by atoms with Crippen LogP contribution in [0.3, 0.4) is 0 Å². The maximum atomic E-state index is 9.88. The second-order valence-electron chi connectivity index (χ2n) is 0.214.